The van der Waals surface area contributed by atoms with Crippen LogP contribution in [0.15, 0.2) is 11.9 Å². The van der Waals surface area contributed by atoms with Gasteiger partial charge in [0.1, 0.15) is 0 Å². The van der Waals surface area contributed by atoms with Crippen LogP contribution < -0.4 is 0 Å². The van der Waals surface area contributed by atoms with Crippen molar-refractivity contribution in [1.29, 1.82) is 0 Å². The molecule has 0 aliphatic rings. The molecule has 0 radical (unpaired) electrons. The van der Waals surface area contributed by atoms with E-state index in [0.29, 0.717) is 6.08 Å². The van der Waals surface area contributed by atoms with Gasteiger partial charge in [0.05, 0.1) is 6.61 Å². The highest BCUT2D eigenvalue weighted by Gasteiger charge is 2.01. The van der Waals surface area contributed by atoms with Crippen LogP contribution in [0.5, 0.6) is 0 Å². The number of hydrogen-bond donors (Lipinski definition) is 2. The summed E-state index contributed by atoms with van der Waals surface area (Å²) in [6, 6.07) is 0. The number of aliphatic carboxylic acids is 1. The summed E-state index contributed by atoms with van der Waals surface area (Å²) in [5, 5.41) is 15.7. The van der Waals surface area contributed by atoms with Crippen molar-refractivity contribution < 1.29 is 19.4 Å². The Morgan fingerprint density at radius 2 is 2.25 bits per heavy atom. The molecule has 0 heterocycles. The number of carbonyl (C=O) groups is 1. The highest BCUT2D eigenvalue weighted by atomic mass is 19.1. The molecular formula is C4H5FO3. The molecule has 0 aromatic rings. The fraction of sp³-hybridized carbons (Fsp3) is 0.250. The van der Waals surface area contributed by atoms with Crippen LogP contribution >= 0.6 is 0 Å². The van der Waals surface area contributed by atoms with Gasteiger partial charge in [0.25, 0.3) is 0 Å². The van der Waals surface area contributed by atoms with Gasteiger partial charge < -0.3 is 10.2 Å². The fourth-order valence-electron chi connectivity index (χ4n) is 0.167. The molecule has 0 bridgehead atoms. The zero-order valence-corrected chi connectivity index (χ0v) is 3.97. The summed E-state index contributed by atoms with van der Waals surface area (Å²) >= 11 is 0. The normalized spacial score (nSPS) is 11.5. The van der Waals surface area contributed by atoms with Crippen LogP contribution in [-0.2, 0) is 4.79 Å². The van der Waals surface area contributed by atoms with E-state index in [-0.39, 0.29) is 0 Å². The van der Waals surface area contributed by atoms with Gasteiger partial charge in [-0.1, -0.05) is 0 Å². The van der Waals surface area contributed by atoms with Crippen LogP contribution in [0.3, 0.4) is 0 Å². The van der Waals surface area contributed by atoms with Crippen LogP contribution in [0, 0.1) is 0 Å². The summed E-state index contributed by atoms with van der Waals surface area (Å²) in [5.74, 6) is -2.98. The van der Waals surface area contributed by atoms with E-state index >= 15 is 0 Å². The molecule has 0 atom stereocenters. The smallest absolute Gasteiger partial charge is 0.364 e. The first-order valence-electron chi connectivity index (χ1n) is 1.88. The van der Waals surface area contributed by atoms with Crippen molar-refractivity contribution in [1.82, 2.24) is 0 Å². The molecule has 3 nitrogen and oxygen atoms in total. The number of aliphatic hydroxyl groups is 1. The first-order chi connectivity index (χ1) is 3.68. The van der Waals surface area contributed by atoms with Gasteiger partial charge in [-0.05, 0) is 6.08 Å². The van der Waals surface area contributed by atoms with Crippen molar-refractivity contribution in [3.05, 3.63) is 11.9 Å². The topological polar surface area (TPSA) is 57.5 Å². The third kappa shape index (κ3) is 2.30. The average Bonchev–Trinajstić information content (AvgIpc) is 1.67. The minimum Gasteiger partial charge on any atom is -0.476 e. The van der Waals surface area contributed by atoms with Gasteiger partial charge in [-0.15, -0.1) is 0 Å². The Balaban J connectivity index is 3.80. The zero-order chi connectivity index (χ0) is 6.57. The Morgan fingerprint density at radius 3 is 2.38 bits per heavy atom. The van der Waals surface area contributed by atoms with Gasteiger partial charge in [-0.2, -0.15) is 4.39 Å². The predicted octanol–water partition coefficient (Wildman–Crippen LogP) is -0.0833. The standard InChI is InChI=1S/C4H5FO3/c5-3(1-2-6)4(7)8/h1,6H,2H2,(H,7,8)/b3-1+. The molecule has 0 aliphatic carbocycles. The van der Waals surface area contributed by atoms with Gasteiger partial charge in [0.2, 0.25) is 5.83 Å². The van der Waals surface area contributed by atoms with Crippen LogP contribution in [0.4, 0.5) is 4.39 Å². The molecule has 0 saturated carbocycles. The Morgan fingerprint density at radius 1 is 1.75 bits per heavy atom. The Bertz CT molecular complexity index is 118. The molecule has 0 spiro atoms. The second kappa shape index (κ2) is 3.15. The molecule has 46 valence electrons. The summed E-state index contributed by atoms with van der Waals surface area (Å²) in [6.45, 7) is -0.585. The second-order valence-corrected chi connectivity index (χ2v) is 1.04. The maximum absolute atomic E-state index is 11.6. The molecule has 0 aromatic carbocycles. The lowest BCUT2D eigenvalue weighted by Gasteiger charge is -1.82. The van der Waals surface area contributed by atoms with Crippen molar-refractivity contribution in [3.8, 4) is 0 Å². The number of carboxylic acid groups (broad SMARTS) is 1. The second-order valence-electron chi connectivity index (χ2n) is 1.04. The summed E-state index contributed by atoms with van der Waals surface area (Å²) < 4.78 is 11.6. The molecule has 2 N–H and O–H groups in total. The van der Waals surface area contributed by atoms with E-state index < -0.39 is 18.4 Å². The largest absolute Gasteiger partial charge is 0.476 e. The quantitative estimate of drug-likeness (QED) is 0.501. The molecule has 0 amide bonds. The highest BCUT2D eigenvalue weighted by Crippen LogP contribution is 1.92. The van der Waals surface area contributed by atoms with E-state index in [2.05, 4.69) is 0 Å². The number of halogens is 1. The Hall–Kier alpha value is -0.900. The van der Waals surface area contributed by atoms with Gasteiger partial charge in [-0.3, -0.25) is 0 Å². The Kier molecular flexibility index (Phi) is 2.79. The number of hydrogen-bond acceptors (Lipinski definition) is 2. The molecule has 4 heteroatoms. The molecule has 0 unspecified atom stereocenters. The van der Waals surface area contributed by atoms with Crippen molar-refractivity contribution in [2.45, 2.75) is 0 Å². The van der Waals surface area contributed by atoms with E-state index in [0.717, 1.165) is 0 Å². The number of rotatable bonds is 2. The molecule has 0 rings (SSSR count). The minimum absolute atomic E-state index is 0.572. The van der Waals surface area contributed by atoms with Gasteiger partial charge in [0.15, 0.2) is 0 Å². The maximum Gasteiger partial charge on any atom is 0.364 e. The molecule has 0 fully saturated rings. The molecule has 8 heavy (non-hydrogen) atoms. The fourth-order valence-corrected chi connectivity index (χ4v) is 0.167. The maximum atomic E-state index is 11.6. The summed E-state index contributed by atoms with van der Waals surface area (Å²) in [5.41, 5.74) is 0. The molecular weight excluding hydrogens is 115 g/mol. The lowest BCUT2D eigenvalue weighted by molar-refractivity contribution is -0.134. The highest BCUT2D eigenvalue weighted by molar-refractivity contribution is 5.83. The van der Waals surface area contributed by atoms with Gasteiger partial charge >= 0.3 is 5.97 Å². The predicted molar refractivity (Wildman–Crippen MR) is 23.9 cm³/mol. The lowest BCUT2D eigenvalue weighted by atomic mass is 10.5. The Labute approximate surface area is 45.1 Å². The van der Waals surface area contributed by atoms with Gasteiger partial charge in [0, 0.05) is 0 Å². The zero-order valence-electron chi connectivity index (χ0n) is 3.97. The van der Waals surface area contributed by atoms with E-state index in [1.807, 2.05) is 0 Å². The summed E-state index contributed by atoms with van der Waals surface area (Å²) in [4.78, 5) is 9.53. The van der Waals surface area contributed by atoms with Crippen LogP contribution in [-0.4, -0.2) is 22.8 Å². The third-order valence-electron chi connectivity index (χ3n) is 0.475. The van der Waals surface area contributed by atoms with Gasteiger partial charge in [-0.25, -0.2) is 4.79 Å². The third-order valence-corrected chi connectivity index (χ3v) is 0.475. The monoisotopic (exact) mass is 120 g/mol. The molecule has 0 aromatic heterocycles. The van der Waals surface area contributed by atoms with Crippen LogP contribution in [0.2, 0.25) is 0 Å². The van der Waals surface area contributed by atoms with Crippen molar-refractivity contribution in [3.63, 3.8) is 0 Å². The van der Waals surface area contributed by atoms with Crippen molar-refractivity contribution in [2.24, 2.45) is 0 Å². The van der Waals surface area contributed by atoms with Crippen LogP contribution in [0.25, 0.3) is 0 Å². The van der Waals surface area contributed by atoms with E-state index in [1.54, 1.807) is 0 Å². The lowest BCUT2D eigenvalue weighted by Crippen LogP contribution is -1.95. The van der Waals surface area contributed by atoms with Crippen LogP contribution in [0.1, 0.15) is 0 Å². The van der Waals surface area contributed by atoms with E-state index in [9.17, 15) is 9.18 Å². The molecule has 0 aliphatic heterocycles. The minimum atomic E-state index is -1.65. The summed E-state index contributed by atoms with van der Waals surface area (Å²) in [6.07, 6.45) is 0.572. The summed E-state index contributed by atoms with van der Waals surface area (Å²) in [7, 11) is 0. The van der Waals surface area contributed by atoms with Crippen molar-refractivity contribution >= 4 is 5.97 Å². The number of carboxylic acids is 1. The number of aliphatic hydroxyl groups excluding tert-OH is 1. The van der Waals surface area contributed by atoms with E-state index in [1.165, 1.54) is 0 Å². The first-order valence-corrected chi connectivity index (χ1v) is 1.88. The van der Waals surface area contributed by atoms with Crippen molar-refractivity contribution in [2.75, 3.05) is 6.61 Å². The first kappa shape index (κ1) is 7.10. The SMILES string of the molecule is O=C(O)/C(F)=C\CO. The van der Waals surface area contributed by atoms with E-state index in [4.69, 9.17) is 10.2 Å². The molecule has 0 saturated heterocycles. The average molecular weight is 120 g/mol.